The third-order valence-corrected chi connectivity index (χ3v) is 5.44. The van der Waals surface area contributed by atoms with Crippen LogP contribution in [0.15, 0.2) is 48.5 Å². The Hall–Kier alpha value is -2.60. The summed E-state index contributed by atoms with van der Waals surface area (Å²) in [4.78, 5) is 17.7. The van der Waals surface area contributed by atoms with Crippen LogP contribution in [0.1, 0.15) is 12.8 Å². The topological polar surface area (TPSA) is 62.7 Å². The maximum absolute atomic E-state index is 11.0. The van der Waals surface area contributed by atoms with Crippen molar-refractivity contribution in [3.8, 4) is 10.9 Å². The lowest BCUT2D eigenvalue weighted by Gasteiger charge is -2.31. The minimum absolute atomic E-state index is 0.210. The molecule has 1 aliphatic rings. The van der Waals surface area contributed by atoms with E-state index in [0.29, 0.717) is 18.0 Å². The minimum atomic E-state index is -0.681. The molecule has 0 amide bonds. The van der Waals surface area contributed by atoms with Gasteiger partial charge in [0.2, 0.25) is 0 Å². The van der Waals surface area contributed by atoms with Gasteiger partial charge in [-0.25, -0.2) is 4.98 Å². The first kappa shape index (κ1) is 15.9. The van der Waals surface area contributed by atoms with Crippen LogP contribution in [0, 0.1) is 5.92 Å². The largest absolute Gasteiger partial charge is 0.481 e. The molecule has 0 atom stereocenters. The summed E-state index contributed by atoms with van der Waals surface area (Å²) in [7, 11) is 0. The summed E-state index contributed by atoms with van der Waals surface area (Å²) < 4.78 is 6.97. The van der Waals surface area contributed by atoms with Crippen LogP contribution >= 0.6 is 11.3 Å². The smallest absolute Gasteiger partial charge is 0.306 e. The Bertz CT molecular complexity index is 850. The molecule has 1 N–H and O–H groups in total. The average Bonchev–Trinajstić information content (AvgIpc) is 3.05. The number of hydrogen-bond acceptors (Lipinski definition) is 5. The molecule has 6 heteroatoms. The minimum Gasteiger partial charge on any atom is -0.481 e. The normalized spacial score (nSPS) is 15.4. The number of aliphatic carboxylic acids is 1. The average molecular weight is 354 g/mol. The molecule has 2 aromatic carbocycles. The molecule has 128 valence electrons. The van der Waals surface area contributed by atoms with Crippen molar-refractivity contribution in [1.29, 1.82) is 0 Å². The zero-order valence-corrected chi connectivity index (χ0v) is 14.4. The molecule has 1 aliphatic heterocycles. The van der Waals surface area contributed by atoms with Crippen LogP contribution in [0.5, 0.6) is 10.9 Å². The zero-order valence-electron chi connectivity index (χ0n) is 13.6. The van der Waals surface area contributed by atoms with Crippen molar-refractivity contribution in [3.05, 3.63) is 48.5 Å². The van der Waals surface area contributed by atoms with Crippen LogP contribution in [-0.4, -0.2) is 29.1 Å². The highest BCUT2D eigenvalue weighted by Crippen LogP contribution is 2.32. The first-order valence-electron chi connectivity index (χ1n) is 8.30. The van der Waals surface area contributed by atoms with Crippen molar-refractivity contribution in [1.82, 2.24) is 4.98 Å². The van der Waals surface area contributed by atoms with Gasteiger partial charge >= 0.3 is 5.97 Å². The Morgan fingerprint density at radius 1 is 1.12 bits per heavy atom. The Labute approximate surface area is 149 Å². The fraction of sp³-hybridized carbons (Fsp3) is 0.263. The van der Waals surface area contributed by atoms with Gasteiger partial charge in [-0.2, -0.15) is 0 Å². The van der Waals surface area contributed by atoms with E-state index in [1.807, 2.05) is 48.5 Å². The number of para-hydroxylation sites is 1. The van der Waals surface area contributed by atoms with E-state index in [4.69, 9.17) is 9.84 Å². The van der Waals surface area contributed by atoms with E-state index >= 15 is 0 Å². The molecule has 25 heavy (non-hydrogen) atoms. The van der Waals surface area contributed by atoms with E-state index in [1.54, 1.807) is 0 Å². The molecule has 0 unspecified atom stereocenters. The molecule has 0 spiro atoms. The van der Waals surface area contributed by atoms with Gasteiger partial charge in [0.25, 0.3) is 5.19 Å². The molecule has 0 saturated carbocycles. The van der Waals surface area contributed by atoms with Crippen LogP contribution in [0.4, 0.5) is 5.69 Å². The summed E-state index contributed by atoms with van der Waals surface area (Å²) in [6.07, 6.45) is 1.39. The van der Waals surface area contributed by atoms with Gasteiger partial charge in [-0.1, -0.05) is 23.5 Å². The number of benzene rings is 2. The van der Waals surface area contributed by atoms with Gasteiger partial charge in [0, 0.05) is 18.8 Å². The molecule has 1 aromatic heterocycles. The molecule has 4 rings (SSSR count). The van der Waals surface area contributed by atoms with E-state index < -0.39 is 5.97 Å². The number of carbonyl (C=O) groups is 1. The molecule has 1 saturated heterocycles. The molecule has 2 heterocycles. The Morgan fingerprint density at radius 3 is 2.52 bits per heavy atom. The van der Waals surface area contributed by atoms with Gasteiger partial charge in [-0.3, -0.25) is 4.79 Å². The van der Waals surface area contributed by atoms with Gasteiger partial charge in [-0.15, -0.1) is 0 Å². The Kier molecular flexibility index (Phi) is 4.28. The van der Waals surface area contributed by atoms with Crippen LogP contribution < -0.4 is 9.64 Å². The number of carboxylic acid groups (broad SMARTS) is 1. The number of carboxylic acids is 1. The lowest BCUT2D eigenvalue weighted by atomic mass is 9.97. The lowest BCUT2D eigenvalue weighted by Crippen LogP contribution is -2.36. The number of rotatable bonds is 4. The number of ether oxygens (including phenoxy) is 1. The highest BCUT2D eigenvalue weighted by atomic mass is 32.1. The summed E-state index contributed by atoms with van der Waals surface area (Å²) in [6, 6.07) is 15.9. The number of thiazole rings is 1. The highest BCUT2D eigenvalue weighted by molar-refractivity contribution is 7.20. The Morgan fingerprint density at radius 2 is 1.84 bits per heavy atom. The van der Waals surface area contributed by atoms with Gasteiger partial charge in [0.1, 0.15) is 5.75 Å². The van der Waals surface area contributed by atoms with Crippen LogP contribution in [-0.2, 0) is 4.79 Å². The van der Waals surface area contributed by atoms with E-state index in [1.165, 1.54) is 11.3 Å². The van der Waals surface area contributed by atoms with Crippen molar-refractivity contribution >= 4 is 33.2 Å². The second-order valence-electron chi connectivity index (χ2n) is 6.14. The van der Waals surface area contributed by atoms with Crippen molar-refractivity contribution in [2.75, 3.05) is 18.0 Å². The third kappa shape index (κ3) is 3.44. The third-order valence-electron chi connectivity index (χ3n) is 4.53. The SMILES string of the molecule is O=C(O)C1CCN(c2ccc(Oc3nc4ccccc4s3)cc2)CC1. The van der Waals surface area contributed by atoms with E-state index in [2.05, 4.69) is 9.88 Å². The number of piperidine rings is 1. The standard InChI is InChI=1S/C19H18N2O3S/c22-18(23)13-9-11-21(12-10-13)14-5-7-15(8-6-14)24-19-20-16-3-1-2-4-17(16)25-19/h1-8,13H,9-12H2,(H,22,23). The zero-order chi connectivity index (χ0) is 17.2. The van der Waals surface area contributed by atoms with Gasteiger partial charge in [0.05, 0.1) is 16.1 Å². The highest BCUT2D eigenvalue weighted by Gasteiger charge is 2.24. The second-order valence-corrected chi connectivity index (χ2v) is 7.14. The summed E-state index contributed by atoms with van der Waals surface area (Å²) in [5.41, 5.74) is 2.04. The molecule has 1 fully saturated rings. The summed E-state index contributed by atoms with van der Waals surface area (Å²) in [5.74, 6) is -0.139. The van der Waals surface area contributed by atoms with Crippen LogP contribution in [0.25, 0.3) is 10.2 Å². The predicted octanol–water partition coefficient (Wildman–Crippen LogP) is 4.39. The maximum Gasteiger partial charge on any atom is 0.306 e. The molecular formula is C19H18N2O3S. The molecule has 3 aromatic rings. The summed E-state index contributed by atoms with van der Waals surface area (Å²) in [5, 5.41) is 9.72. The fourth-order valence-electron chi connectivity index (χ4n) is 3.11. The summed E-state index contributed by atoms with van der Waals surface area (Å²) >= 11 is 1.53. The Balaban J connectivity index is 1.42. The van der Waals surface area contributed by atoms with E-state index in [0.717, 1.165) is 34.7 Å². The number of aromatic nitrogens is 1. The van der Waals surface area contributed by atoms with E-state index in [-0.39, 0.29) is 5.92 Å². The van der Waals surface area contributed by atoms with Crippen molar-refractivity contribution in [3.63, 3.8) is 0 Å². The number of fused-ring (bicyclic) bond motifs is 1. The monoisotopic (exact) mass is 354 g/mol. The lowest BCUT2D eigenvalue weighted by molar-refractivity contribution is -0.142. The van der Waals surface area contributed by atoms with Gasteiger partial charge < -0.3 is 14.7 Å². The molecule has 0 bridgehead atoms. The maximum atomic E-state index is 11.0. The fourth-order valence-corrected chi connectivity index (χ4v) is 3.94. The summed E-state index contributed by atoms with van der Waals surface area (Å²) in [6.45, 7) is 1.55. The molecule has 0 aliphatic carbocycles. The van der Waals surface area contributed by atoms with Gasteiger partial charge in [0.15, 0.2) is 0 Å². The molecule has 5 nitrogen and oxygen atoms in total. The second kappa shape index (κ2) is 6.72. The van der Waals surface area contributed by atoms with Crippen LogP contribution in [0.2, 0.25) is 0 Å². The van der Waals surface area contributed by atoms with E-state index in [9.17, 15) is 4.79 Å². The molecular weight excluding hydrogens is 336 g/mol. The predicted molar refractivity (Wildman–Crippen MR) is 98.7 cm³/mol. The van der Waals surface area contributed by atoms with Crippen molar-refractivity contribution in [2.45, 2.75) is 12.8 Å². The van der Waals surface area contributed by atoms with Gasteiger partial charge in [-0.05, 0) is 49.2 Å². The number of hydrogen-bond donors (Lipinski definition) is 1. The van der Waals surface area contributed by atoms with Crippen molar-refractivity contribution in [2.24, 2.45) is 5.92 Å². The number of anilines is 1. The van der Waals surface area contributed by atoms with Crippen molar-refractivity contribution < 1.29 is 14.6 Å². The van der Waals surface area contributed by atoms with Crippen LogP contribution in [0.3, 0.4) is 0 Å². The first-order chi connectivity index (χ1) is 12.2. The number of nitrogens with zero attached hydrogens (tertiary/aromatic N) is 2. The molecule has 0 radical (unpaired) electrons. The first-order valence-corrected chi connectivity index (χ1v) is 9.12. The quantitative estimate of drug-likeness (QED) is 0.753.